The molecule has 0 spiro atoms. The first-order valence-electron chi connectivity index (χ1n) is 20.5. The Bertz CT molecular complexity index is 3690. The van der Waals surface area contributed by atoms with Gasteiger partial charge >= 0.3 is 0 Å². The minimum Gasteiger partial charge on any atom is -0.309 e. The molecule has 0 fully saturated rings. The number of nitrogens with zero attached hydrogens (tertiary/aromatic N) is 7. The standard InChI is InChI=1S/C55H35N7/c1-34-20-26-51-46(28-34)43-16-8-10-18-49(43)61(51)39-23-22-38(33-57)45(30-39)54-58-53(36-12-4-3-5-13-36)59-55(60-54)48-31-40(24-25-42(48)41-15-7-6-14-37(41)32-56)62-50-19-11-9-17-44(50)47-29-35(2)21-27-52(47)62/h3-31H,1-2H3. The van der Waals surface area contributed by atoms with E-state index in [-0.39, 0.29) is 0 Å². The van der Waals surface area contributed by atoms with E-state index in [1.54, 1.807) is 0 Å². The fourth-order valence-electron chi connectivity index (χ4n) is 8.92. The molecule has 0 aliphatic rings. The number of rotatable bonds is 6. The molecule has 0 bridgehead atoms. The molecule has 0 saturated carbocycles. The van der Waals surface area contributed by atoms with Gasteiger partial charge in [0, 0.05) is 55.2 Å². The van der Waals surface area contributed by atoms with Crippen LogP contribution in [0.25, 0.3) is 100 Å². The molecule has 62 heavy (non-hydrogen) atoms. The molecule has 7 nitrogen and oxygen atoms in total. The van der Waals surface area contributed by atoms with E-state index in [9.17, 15) is 10.5 Å². The summed E-state index contributed by atoms with van der Waals surface area (Å²) in [4.78, 5) is 15.6. The van der Waals surface area contributed by atoms with Gasteiger partial charge in [0.1, 0.15) is 0 Å². The maximum absolute atomic E-state index is 10.7. The molecular formula is C55H35N7. The van der Waals surface area contributed by atoms with Gasteiger partial charge in [0.25, 0.3) is 0 Å². The van der Waals surface area contributed by atoms with E-state index in [0.717, 1.165) is 77.2 Å². The largest absolute Gasteiger partial charge is 0.309 e. The lowest BCUT2D eigenvalue weighted by molar-refractivity contribution is 1.07. The lowest BCUT2D eigenvalue weighted by Crippen LogP contribution is -2.04. The van der Waals surface area contributed by atoms with Crippen LogP contribution in [0.4, 0.5) is 0 Å². The van der Waals surface area contributed by atoms with Gasteiger partial charge in [0.15, 0.2) is 17.5 Å². The molecule has 7 heteroatoms. The molecule has 0 saturated heterocycles. The van der Waals surface area contributed by atoms with Crippen molar-refractivity contribution in [2.45, 2.75) is 13.8 Å². The highest BCUT2D eigenvalue weighted by atomic mass is 15.0. The number of benzene rings is 8. The number of aromatic nitrogens is 5. The van der Waals surface area contributed by atoms with Crippen LogP contribution in [0.15, 0.2) is 176 Å². The average Bonchev–Trinajstić information content (AvgIpc) is 3.83. The summed E-state index contributed by atoms with van der Waals surface area (Å²) in [5.41, 5.74) is 13.1. The number of hydrogen-bond donors (Lipinski definition) is 0. The second-order valence-corrected chi connectivity index (χ2v) is 15.6. The molecule has 290 valence electrons. The van der Waals surface area contributed by atoms with Gasteiger partial charge in [-0.05, 0) is 92.2 Å². The Balaban J connectivity index is 1.20. The second kappa shape index (κ2) is 14.6. The Hall–Kier alpha value is -8.65. The predicted molar refractivity (Wildman–Crippen MR) is 249 cm³/mol. The SMILES string of the molecule is Cc1ccc2c(c1)c1ccccc1n2-c1ccc(C#N)c(-c2nc(-c3ccccc3)nc(-c3cc(-n4c5ccccc5c5cc(C)ccc54)ccc3-c3ccccc3C#N)n2)c1. The molecule has 11 aromatic rings. The second-order valence-electron chi connectivity index (χ2n) is 15.6. The summed E-state index contributed by atoms with van der Waals surface area (Å²) in [6.45, 7) is 4.23. The first kappa shape index (κ1) is 36.4. The first-order valence-corrected chi connectivity index (χ1v) is 20.5. The normalized spacial score (nSPS) is 11.4. The van der Waals surface area contributed by atoms with E-state index in [1.165, 1.54) is 11.1 Å². The van der Waals surface area contributed by atoms with Crippen molar-refractivity contribution in [3.05, 3.63) is 198 Å². The van der Waals surface area contributed by atoms with Crippen LogP contribution in [0.1, 0.15) is 22.3 Å². The van der Waals surface area contributed by atoms with E-state index >= 15 is 0 Å². The summed E-state index contributed by atoms with van der Waals surface area (Å²) in [5.74, 6) is 1.24. The van der Waals surface area contributed by atoms with Gasteiger partial charge in [0.2, 0.25) is 0 Å². The number of hydrogen-bond acceptors (Lipinski definition) is 5. The van der Waals surface area contributed by atoms with E-state index in [2.05, 4.69) is 138 Å². The minimum absolute atomic E-state index is 0.362. The molecule has 3 aromatic heterocycles. The van der Waals surface area contributed by atoms with Gasteiger partial charge in [-0.25, -0.2) is 15.0 Å². The van der Waals surface area contributed by atoms with Gasteiger partial charge < -0.3 is 9.13 Å². The van der Waals surface area contributed by atoms with Gasteiger partial charge in [-0.15, -0.1) is 0 Å². The van der Waals surface area contributed by atoms with Crippen molar-refractivity contribution in [2.24, 2.45) is 0 Å². The summed E-state index contributed by atoms with van der Waals surface area (Å²) >= 11 is 0. The topological polar surface area (TPSA) is 96.1 Å². The third kappa shape index (κ3) is 5.92. The minimum atomic E-state index is 0.362. The summed E-state index contributed by atoms with van der Waals surface area (Å²) in [6, 6.07) is 64.3. The van der Waals surface area contributed by atoms with E-state index < -0.39 is 0 Å². The summed E-state index contributed by atoms with van der Waals surface area (Å²) in [6.07, 6.45) is 0. The molecule has 0 radical (unpaired) electrons. The zero-order valence-electron chi connectivity index (χ0n) is 33.9. The van der Waals surface area contributed by atoms with Crippen molar-refractivity contribution in [1.29, 1.82) is 10.5 Å². The third-order valence-corrected chi connectivity index (χ3v) is 11.8. The Morgan fingerprint density at radius 2 is 0.855 bits per heavy atom. The fourth-order valence-corrected chi connectivity index (χ4v) is 8.92. The van der Waals surface area contributed by atoms with Crippen molar-refractivity contribution in [3.63, 3.8) is 0 Å². The molecule has 11 rings (SSSR count). The van der Waals surface area contributed by atoms with Gasteiger partial charge in [-0.1, -0.05) is 114 Å². The molecular weight excluding hydrogens is 759 g/mol. The fraction of sp³-hybridized carbons (Fsp3) is 0.0364. The summed E-state index contributed by atoms with van der Waals surface area (Å²) < 4.78 is 4.51. The van der Waals surface area contributed by atoms with Crippen molar-refractivity contribution >= 4 is 43.6 Å². The lowest BCUT2D eigenvalue weighted by atomic mass is 9.94. The highest BCUT2D eigenvalue weighted by Gasteiger charge is 2.22. The zero-order chi connectivity index (χ0) is 41.9. The van der Waals surface area contributed by atoms with Crippen molar-refractivity contribution in [2.75, 3.05) is 0 Å². The first-order chi connectivity index (χ1) is 30.5. The Morgan fingerprint density at radius 1 is 0.371 bits per heavy atom. The van der Waals surface area contributed by atoms with E-state index in [0.29, 0.717) is 34.2 Å². The van der Waals surface area contributed by atoms with Crippen LogP contribution in [0.2, 0.25) is 0 Å². The van der Waals surface area contributed by atoms with Gasteiger partial charge in [-0.3, -0.25) is 0 Å². The van der Waals surface area contributed by atoms with Crippen LogP contribution in [0.3, 0.4) is 0 Å². The van der Waals surface area contributed by atoms with Crippen molar-refractivity contribution in [3.8, 4) is 68.8 Å². The summed E-state index contributed by atoms with van der Waals surface area (Å²) in [7, 11) is 0. The van der Waals surface area contributed by atoms with Crippen LogP contribution >= 0.6 is 0 Å². The third-order valence-electron chi connectivity index (χ3n) is 11.8. The van der Waals surface area contributed by atoms with Crippen LogP contribution in [-0.4, -0.2) is 24.1 Å². The van der Waals surface area contributed by atoms with Crippen molar-refractivity contribution < 1.29 is 0 Å². The van der Waals surface area contributed by atoms with Gasteiger partial charge in [-0.2, -0.15) is 10.5 Å². The molecule has 0 amide bonds. The van der Waals surface area contributed by atoms with Crippen LogP contribution in [-0.2, 0) is 0 Å². The van der Waals surface area contributed by atoms with Gasteiger partial charge in [0.05, 0.1) is 45.3 Å². The molecule has 3 heterocycles. The zero-order valence-corrected chi connectivity index (χ0v) is 33.9. The Kier molecular flexibility index (Phi) is 8.56. The monoisotopic (exact) mass is 793 g/mol. The highest BCUT2D eigenvalue weighted by molar-refractivity contribution is 6.10. The molecule has 0 aliphatic heterocycles. The lowest BCUT2D eigenvalue weighted by Gasteiger charge is -2.16. The molecule has 8 aromatic carbocycles. The number of nitriles is 2. The van der Waals surface area contributed by atoms with Crippen molar-refractivity contribution in [1.82, 2.24) is 24.1 Å². The number of fused-ring (bicyclic) bond motifs is 6. The number of aryl methyl sites for hydroxylation is 2. The summed E-state index contributed by atoms with van der Waals surface area (Å²) in [5, 5.41) is 25.7. The smallest absolute Gasteiger partial charge is 0.165 e. The Labute approximate surface area is 357 Å². The molecule has 0 unspecified atom stereocenters. The predicted octanol–water partition coefficient (Wildman–Crippen LogP) is 13.1. The average molecular weight is 794 g/mol. The van der Waals surface area contributed by atoms with E-state index in [4.69, 9.17) is 15.0 Å². The maximum atomic E-state index is 10.7. The maximum Gasteiger partial charge on any atom is 0.165 e. The molecule has 0 aliphatic carbocycles. The molecule has 0 N–H and O–H groups in total. The van der Waals surface area contributed by atoms with Crippen LogP contribution < -0.4 is 0 Å². The Morgan fingerprint density at radius 3 is 1.48 bits per heavy atom. The molecule has 0 atom stereocenters. The van der Waals surface area contributed by atoms with Crippen LogP contribution in [0.5, 0.6) is 0 Å². The quantitative estimate of drug-likeness (QED) is 0.167. The number of para-hydroxylation sites is 2. The van der Waals surface area contributed by atoms with Crippen LogP contribution in [0, 0.1) is 36.5 Å². The highest BCUT2D eigenvalue weighted by Crippen LogP contribution is 2.40. The van der Waals surface area contributed by atoms with E-state index in [1.807, 2.05) is 72.8 Å².